The molecule has 0 aromatic heterocycles. The molecular formula is C21H26N2O3S. The van der Waals surface area contributed by atoms with E-state index < -0.39 is 10.0 Å². The second-order valence-electron chi connectivity index (χ2n) is 7.00. The summed E-state index contributed by atoms with van der Waals surface area (Å²) < 4.78 is 27.4. The number of anilines is 1. The molecule has 0 aliphatic carbocycles. The second-order valence-corrected chi connectivity index (χ2v) is 9.04. The summed E-state index contributed by atoms with van der Waals surface area (Å²) in [5.41, 5.74) is 3.93. The van der Waals surface area contributed by atoms with E-state index in [0.29, 0.717) is 13.1 Å². The van der Waals surface area contributed by atoms with Crippen molar-refractivity contribution in [2.75, 3.05) is 18.5 Å². The van der Waals surface area contributed by atoms with Gasteiger partial charge >= 0.3 is 0 Å². The van der Waals surface area contributed by atoms with Crippen LogP contribution in [0.5, 0.6) is 0 Å². The standard InChI is InChI=1S/C21H26N2O3S/c1-4-17-7-9-18(10-8-17)15-22(3)27(25,26)20-11-12-21-19(14-20)6-5-13-23(21)16(2)24/h7-12,14H,4-6,13,15H2,1-3H3. The van der Waals surface area contributed by atoms with E-state index in [4.69, 9.17) is 0 Å². The van der Waals surface area contributed by atoms with Crippen LogP contribution in [0, 0.1) is 0 Å². The lowest BCUT2D eigenvalue weighted by molar-refractivity contribution is -0.116. The number of fused-ring (bicyclic) bond motifs is 1. The highest BCUT2D eigenvalue weighted by Gasteiger charge is 2.25. The van der Waals surface area contributed by atoms with Crippen LogP contribution >= 0.6 is 0 Å². The molecule has 0 fully saturated rings. The Labute approximate surface area is 161 Å². The quantitative estimate of drug-likeness (QED) is 0.792. The normalized spacial score (nSPS) is 14.3. The maximum Gasteiger partial charge on any atom is 0.243 e. The zero-order chi connectivity index (χ0) is 19.6. The van der Waals surface area contributed by atoms with Gasteiger partial charge in [-0.3, -0.25) is 4.79 Å². The molecule has 0 saturated heterocycles. The SMILES string of the molecule is CCc1ccc(CN(C)S(=O)(=O)c2ccc3c(c2)CCCN3C(C)=O)cc1. The maximum absolute atomic E-state index is 13.0. The molecule has 0 atom stereocenters. The van der Waals surface area contributed by atoms with Crippen molar-refractivity contribution in [2.45, 2.75) is 44.6 Å². The van der Waals surface area contributed by atoms with Crippen LogP contribution in [-0.4, -0.2) is 32.2 Å². The van der Waals surface area contributed by atoms with Crippen molar-refractivity contribution in [1.29, 1.82) is 0 Å². The average molecular weight is 387 g/mol. The lowest BCUT2D eigenvalue weighted by atomic mass is 10.0. The Bertz CT molecular complexity index is 936. The first-order valence-electron chi connectivity index (χ1n) is 9.28. The van der Waals surface area contributed by atoms with E-state index in [-0.39, 0.29) is 10.8 Å². The highest BCUT2D eigenvalue weighted by molar-refractivity contribution is 7.89. The lowest BCUT2D eigenvalue weighted by Gasteiger charge is -2.29. The van der Waals surface area contributed by atoms with Crippen LogP contribution in [-0.2, 0) is 34.2 Å². The van der Waals surface area contributed by atoms with E-state index in [1.807, 2.05) is 24.3 Å². The van der Waals surface area contributed by atoms with Crippen molar-refractivity contribution in [3.63, 3.8) is 0 Å². The van der Waals surface area contributed by atoms with Crippen molar-refractivity contribution in [3.05, 3.63) is 59.2 Å². The number of carbonyl (C=O) groups excluding carboxylic acids is 1. The van der Waals surface area contributed by atoms with Crippen LogP contribution in [0.2, 0.25) is 0 Å². The van der Waals surface area contributed by atoms with E-state index in [2.05, 4.69) is 6.92 Å². The number of amides is 1. The molecule has 0 radical (unpaired) electrons. The van der Waals surface area contributed by atoms with Gasteiger partial charge in [-0.05, 0) is 54.2 Å². The van der Waals surface area contributed by atoms with Crippen molar-refractivity contribution in [3.8, 4) is 0 Å². The lowest BCUT2D eigenvalue weighted by Crippen LogP contribution is -2.34. The van der Waals surface area contributed by atoms with Gasteiger partial charge in [0, 0.05) is 32.7 Å². The molecule has 27 heavy (non-hydrogen) atoms. The predicted molar refractivity (Wildman–Crippen MR) is 107 cm³/mol. The van der Waals surface area contributed by atoms with Crippen LogP contribution in [0.4, 0.5) is 5.69 Å². The summed E-state index contributed by atoms with van der Waals surface area (Å²) in [6.45, 7) is 4.64. The zero-order valence-corrected chi connectivity index (χ0v) is 16.9. The monoisotopic (exact) mass is 386 g/mol. The number of benzene rings is 2. The molecule has 0 spiro atoms. The van der Waals surface area contributed by atoms with Gasteiger partial charge in [0.05, 0.1) is 4.90 Å². The van der Waals surface area contributed by atoms with E-state index in [1.165, 1.54) is 16.8 Å². The zero-order valence-electron chi connectivity index (χ0n) is 16.1. The number of nitrogens with zero attached hydrogens (tertiary/aromatic N) is 2. The molecular weight excluding hydrogens is 360 g/mol. The summed E-state index contributed by atoms with van der Waals surface area (Å²) in [5.74, 6) is -0.0146. The minimum absolute atomic E-state index is 0.0146. The van der Waals surface area contributed by atoms with E-state index in [1.54, 1.807) is 30.1 Å². The molecule has 1 aliphatic heterocycles. The first kappa shape index (κ1) is 19.6. The molecule has 2 aromatic rings. The number of sulfonamides is 1. The number of hydrogen-bond acceptors (Lipinski definition) is 3. The minimum Gasteiger partial charge on any atom is -0.312 e. The molecule has 1 aliphatic rings. The molecule has 144 valence electrons. The molecule has 3 rings (SSSR count). The van der Waals surface area contributed by atoms with Gasteiger partial charge in [-0.25, -0.2) is 8.42 Å². The van der Waals surface area contributed by atoms with Crippen LogP contribution in [0.1, 0.15) is 37.0 Å². The Morgan fingerprint density at radius 3 is 2.41 bits per heavy atom. The molecule has 0 bridgehead atoms. The first-order valence-corrected chi connectivity index (χ1v) is 10.7. The van der Waals surface area contributed by atoms with Gasteiger partial charge in [0.15, 0.2) is 0 Å². The van der Waals surface area contributed by atoms with Crippen molar-refractivity contribution in [1.82, 2.24) is 4.31 Å². The van der Waals surface area contributed by atoms with Gasteiger partial charge in [-0.2, -0.15) is 4.31 Å². The molecule has 0 N–H and O–H groups in total. The summed E-state index contributed by atoms with van der Waals surface area (Å²) in [6.07, 6.45) is 2.58. The average Bonchev–Trinajstić information content (AvgIpc) is 2.67. The Kier molecular flexibility index (Phi) is 5.67. The minimum atomic E-state index is -3.59. The van der Waals surface area contributed by atoms with Gasteiger partial charge in [-0.1, -0.05) is 31.2 Å². The van der Waals surface area contributed by atoms with Crippen molar-refractivity contribution in [2.24, 2.45) is 0 Å². The van der Waals surface area contributed by atoms with E-state index >= 15 is 0 Å². The Morgan fingerprint density at radius 2 is 1.78 bits per heavy atom. The Morgan fingerprint density at radius 1 is 1.11 bits per heavy atom. The summed E-state index contributed by atoms with van der Waals surface area (Å²) in [4.78, 5) is 13.8. The Balaban J connectivity index is 1.84. The second kappa shape index (κ2) is 7.82. The summed E-state index contributed by atoms with van der Waals surface area (Å²) in [6, 6.07) is 13.1. The molecule has 6 heteroatoms. The van der Waals surface area contributed by atoms with E-state index in [9.17, 15) is 13.2 Å². The van der Waals surface area contributed by atoms with Crippen LogP contribution in [0.3, 0.4) is 0 Å². The number of rotatable bonds is 5. The third-order valence-electron chi connectivity index (χ3n) is 5.09. The largest absolute Gasteiger partial charge is 0.312 e. The topological polar surface area (TPSA) is 57.7 Å². The Hall–Kier alpha value is -2.18. The highest BCUT2D eigenvalue weighted by Crippen LogP contribution is 2.30. The summed E-state index contributed by atoms with van der Waals surface area (Å²) >= 11 is 0. The molecule has 0 saturated carbocycles. The summed E-state index contributed by atoms with van der Waals surface area (Å²) in [5, 5.41) is 0. The third-order valence-corrected chi connectivity index (χ3v) is 6.89. The third kappa shape index (κ3) is 4.06. The van der Waals surface area contributed by atoms with Gasteiger partial charge in [0.25, 0.3) is 0 Å². The molecule has 2 aromatic carbocycles. The number of aryl methyl sites for hydroxylation is 2. The van der Waals surface area contributed by atoms with Gasteiger partial charge in [-0.15, -0.1) is 0 Å². The van der Waals surface area contributed by atoms with Gasteiger partial charge in [0.1, 0.15) is 0 Å². The highest BCUT2D eigenvalue weighted by atomic mass is 32.2. The molecule has 0 unspecified atom stereocenters. The van der Waals surface area contributed by atoms with Gasteiger partial charge in [0.2, 0.25) is 15.9 Å². The fourth-order valence-electron chi connectivity index (χ4n) is 3.46. The number of hydrogen-bond donors (Lipinski definition) is 0. The predicted octanol–water partition coefficient (Wildman–Crippen LogP) is 3.37. The van der Waals surface area contributed by atoms with Crippen LogP contribution < -0.4 is 4.90 Å². The van der Waals surface area contributed by atoms with Crippen LogP contribution in [0.15, 0.2) is 47.4 Å². The molecule has 1 heterocycles. The molecule has 1 amide bonds. The first-order chi connectivity index (χ1) is 12.8. The number of carbonyl (C=O) groups is 1. The fraction of sp³-hybridized carbons (Fsp3) is 0.381. The van der Waals surface area contributed by atoms with Crippen LogP contribution in [0.25, 0.3) is 0 Å². The fourth-order valence-corrected chi connectivity index (χ4v) is 4.67. The van der Waals surface area contributed by atoms with Crippen molar-refractivity contribution < 1.29 is 13.2 Å². The van der Waals surface area contributed by atoms with Gasteiger partial charge < -0.3 is 4.90 Å². The van der Waals surface area contributed by atoms with E-state index in [0.717, 1.165) is 36.1 Å². The summed E-state index contributed by atoms with van der Waals surface area (Å²) in [7, 11) is -1.99. The van der Waals surface area contributed by atoms with Crippen molar-refractivity contribution >= 4 is 21.6 Å². The smallest absolute Gasteiger partial charge is 0.243 e. The molecule has 5 nitrogen and oxygen atoms in total. The maximum atomic E-state index is 13.0.